The van der Waals surface area contributed by atoms with Crippen molar-refractivity contribution in [1.82, 2.24) is 5.06 Å². The summed E-state index contributed by atoms with van der Waals surface area (Å²) in [7, 11) is -16.8. The number of hydrogen-bond acceptors (Lipinski definition) is 16. The minimum atomic E-state index is -5.17. The summed E-state index contributed by atoms with van der Waals surface area (Å²) >= 11 is 0. The van der Waals surface area contributed by atoms with Crippen molar-refractivity contribution in [2.75, 3.05) is 51.2 Å². The molecule has 26 heteroatoms. The zero-order valence-electron chi connectivity index (χ0n) is 44.4. The fourth-order valence-electron chi connectivity index (χ4n) is 11.0. The maximum absolute atomic E-state index is 13.5. The third-order valence-electron chi connectivity index (χ3n) is 14.8. The number of hydroxylamine groups is 2. The van der Waals surface area contributed by atoms with E-state index >= 15 is 0 Å². The summed E-state index contributed by atoms with van der Waals surface area (Å²) in [5.41, 5.74) is 0.930. The largest absolute Gasteiger partial charge is 0.744 e. The number of rotatable bonds is 21. The lowest BCUT2D eigenvalue weighted by molar-refractivity contribution is -0.437. The topological polar surface area (TPSA) is 313 Å². The highest BCUT2D eigenvalue weighted by atomic mass is 32.2. The number of allylic oxidation sites excluding steroid dienone is 6. The highest BCUT2D eigenvalue weighted by Crippen LogP contribution is 2.54. The number of methoxy groups -OCH3 is 2. The number of ether oxygens (including phenoxy) is 2. The van der Waals surface area contributed by atoms with Gasteiger partial charge >= 0.3 is 5.97 Å². The molecule has 0 saturated carbocycles. The number of nitrogens with zero attached hydrogens (tertiary/aromatic N) is 4. The highest BCUT2D eigenvalue weighted by molar-refractivity contribution is 7.87. The molecule has 0 aromatic heterocycles. The van der Waals surface area contributed by atoms with E-state index in [1.807, 2.05) is 32.1 Å². The summed E-state index contributed by atoms with van der Waals surface area (Å²) in [6.45, 7) is 14.6. The van der Waals surface area contributed by atoms with E-state index in [4.69, 9.17) is 20.9 Å². The minimum Gasteiger partial charge on any atom is -0.744 e. The first-order valence-electron chi connectivity index (χ1n) is 25.2. The lowest BCUT2D eigenvalue weighted by atomic mass is 9.74. The van der Waals surface area contributed by atoms with Gasteiger partial charge < -0.3 is 23.8 Å². The Labute approximate surface area is 468 Å². The Kier molecular flexibility index (Phi) is 16.9. The molecule has 0 bridgehead atoms. The van der Waals surface area contributed by atoms with Gasteiger partial charge in [0.1, 0.15) is 21.6 Å². The van der Waals surface area contributed by atoms with Crippen LogP contribution in [0.15, 0.2) is 117 Å². The van der Waals surface area contributed by atoms with E-state index in [1.165, 1.54) is 56.7 Å². The van der Waals surface area contributed by atoms with Crippen molar-refractivity contribution < 1.29 is 85.2 Å². The van der Waals surface area contributed by atoms with Gasteiger partial charge in [0.05, 0.1) is 33.1 Å². The van der Waals surface area contributed by atoms with Gasteiger partial charge in [-0.1, -0.05) is 31.2 Å². The van der Waals surface area contributed by atoms with E-state index in [1.54, 1.807) is 36.1 Å². The van der Waals surface area contributed by atoms with E-state index < -0.39 is 89.5 Å². The van der Waals surface area contributed by atoms with Crippen molar-refractivity contribution in [2.24, 2.45) is 0 Å². The summed E-state index contributed by atoms with van der Waals surface area (Å²) in [6.07, 6.45) is 7.28. The minimum absolute atomic E-state index is 0.0132. The third-order valence-corrected chi connectivity index (χ3v) is 18.2. The van der Waals surface area contributed by atoms with Gasteiger partial charge in [0, 0.05) is 93.1 Å². The van der Waals surface area contributed by atoms with Gasteiger partial charge in [-0.05, 0) is 127 Å². The molecule has 1 saturated heterocycles. The Morgan fingerprint density at radius 2 is 1.46 bits per heavy atom. The van der Waals surface area contributed by atoms with Gasteiger partial charge in [-0.25, -0.2) is 18.1 Å². The van der Waals surface area contributed by atoms with Gasteiger partial charge in [-0.3, -0.25) is 23.2 Å². The van der Waals surface area contributed by atoms with Crippen LogP contribution in [0.3, 0.4) is 0 Å². The highest BCUT2D eigenvalue weighted by Gasteiger charge is 2.49. The van der Waals surface area contributed by atoms with Crippen LogP contribution in [0.4, 0.5) is 17.1 Å². The van der Waals surface area contributed by atoms with Crippen molar-refractivity contribution in [3.05, 3.63) is 136 Å². The second kappa shape index (κ2) is 22.7. The Balaban J connectivity index is 1.42. The van der Waals surface area contributed by atoms with Crippen LogP contribution in [0.1, 0.15) is 86.3 Å². The van der Waals surface area contributed by atoms with Gasteiger partial charge in [0.2, 0.25) is 5.69 Å². The summed E-state index contributed by atoms with van der Waals surface area (Å²) in [6, 6.07) is 16.4. The number of hydrogen-bond donors (Lipinski definition) is 3. The summed E-state index contributed by atoms with van der Waals surface area (Å²) in [4.78, 5) is 46.9. The van der Waals surface area contributed by atoms with Gasteiger partial charge in [-0.2, -0.15) is 29.8 Å². The first-order chi connectivity index (χ1) is 38.0. The average Bonchev–Trinajstić information content (AvgIpc) is 3.67. The van der Waals surface area contributed by atoms with Crippen LogP contribution in [0.25, 0.3) is 32.0 Å². The molecule has 3 aliphatic heterocycles. The number of carbonyl (C=O) groups is 3. The molecule has 8 rings (SSSR count). The summed E-state index contributed by atoms with van der Waals surface area (Å²) in [5.74, 6) is -3.27. The number of fused-ring (bicyclic) bond motifs is 6. The number of amides is 2. The van der Waals surface area contributed by atoms with E-state index in [9.17, 15) is 66.3 Å². The SMILES string of the molecule is [C-]#[N+]c1cc(C(=O)ON2C(=O)CCC2=O)ccc1C(=C\C=C1\N(CCCS(=O)(=O)O)c2ccc3c(S(=O)(=O)O)cc(S(=O)(=O)O)cc3c2C1(C)CCOC)/C=C/C1=[N+](CCC)c2ccc3ccc(S(=O)(=O)[O-])cc3c2C1(C)CCOC. The molecule has 3 N–H and O–H groups in total. The smallest absolute Gasteiger partial charge is 0.362 e. The Morgan fingerprint density at radius 1 is 0.802 bits per heavy atom. The van der Waals surface area contributed by atoms with Gasteiger partial charge in [0.15, 0.2) is 11.4 Å². The van der Waals surface area contributed by atoms with Crippen molar-refractivity contribution >= 4 is 108 Å². The van der Waals surface area contributed by atoms with Crippen LogP contribution < -0.4 is 4.90 Å². The number of anilines is 1. The Morgan fingerprint density at radius 3 is 2.06 bits per heavy atom. The second-order valence-corrected chi connectivity index (χ2v) is 25.8. The van der Waals surface area contributed by atoms with Crippen molar-refractivity contribution in [1.29, 1.82) is 0 Å². The molecule has 3 aliphatic rings. The molecule has 2 amide bonds. The molecule has 0 aliphatic carbocycles. The molecule has 3 heterocycles. The van der Waals surface area contributed by atoms with Crippen LogP contribution >= 0.6 is 0 Å². The van der Waals surface area contributed by atoms with Crippen LogP contribution in [-0.4, -0.2) is 131 Å². The van der Waals surface area contributed by atoms with Crippen molar-refractivity contribution in [3.8, 4) is 0 Å². The zero-order chi connectivity index (χ0) is 59.2. The lowest BCUT2D eigenvalue weighted by Gasteiger charge is -2.31. The number of imide groups is 1. The number of benzene rings is 5. The predicted octanol–water partition coefficient (Wildman–Crippen LogP) is 7.58. The molecule has 1 fully saturated rings. The molecular formula is C55H56N4O18S4. The standard InChI is InChI=1S/C55H56N4O18S4/c1-7-25-57-44-17-11-35-9-14-37(79(66,67)68)31-41(35)51(44)54(2,23-27-75-5)47(57)19-12-34(39-15-10-36(30-43(39)56-4)53(62)77-59-49(60)21-22-50(59)61)13-20-48-55(3,24-28-76-6)52-42-32-38(80(69,70)71)33-46(81(72,73)74)40(42)16-18-45(52)58(48)26-8-29-78(63,64)65/h9-20,30-33H,7-8,21-29H2,1-3,5-6H3,(H3-,63,64,65,66,67,68,69,70,71,72,73,74). The Hall–Kier alpha value is -7.03. The van der Waals surface area contributed by atoms with E-state index in [2.05, 4.69) is 9.42 Å². The van der Waals surface area contributed by atoms with Crippen molar-refractivity contribution in [2.45, 2.75) is 84.8 Å². The monoisotopic (exact) mass is 1190 g/mol. The van der Waals surface area contributed by atoms with E-state index in [0.717, 1.165) is 11.8 Å². The van der Waals surface area contributed by atoms with Gasteiger partial charge in [-0.15, -0.1) is 5.06 Å². The van der Waals surface area contributed by atoms with E-state index in [-0.39, 0.29) is 84.2 Å². The molecule has 428 valence electrons. The summed E-state index contributed by atoms with van der Waals surface area (Å²) in [5, 5.41) is 1.37. The molecule has 2 unspecified atom stereocenters. The maximum atomic E-state index is 13.5. The molecule has 5 aromatic carbocycles. The maximum Gasteiger partial charge on any atom is 0.362 e. The third kappa shape index (κ3) is 11.9. The van der Waals surface area contributed by atoms with Crippen LogP contribution in [0, 0.1) is 6.57 Å². The molecule has 2 atom stereocenters. The summed E-state index contributed by atoms with van der Waals surface area (Å²) < 4.78 is 157. The molecule has 22 nitrogen and oxygen atoms in total. The number of carbonyl (C=O) groups excluding carboxylic acids is 3. The molecule has 0 spiro atoms. The van der Waals surface area contributed by atoms with Crippen molar-refractivity contribution in [3.63, 3.8) is 0 Å². The molecular weight excluding hydrogens is 1130 g/mol. The van der Waals surface area contributed by atoms with Crippen LogP contribution in [-0.2, 0) is 75.2 Å². The van der Waals surface area contributed by atoms with Gasteiger partial charge in [0.25, 0.3) is 42.2 Å². The molecule has 81 heavy (non-hydrogen) atoms. The fourth-order valence-corrected chi connectivity index (χ4v) is 13.4. The lowest BCUT2D eigenvalue weighted by Crippen LogP contribution is -2.33. The zero-order valence-corrected chi connectivity index (χ0v) is 47.7. The quantitative estimate of drug-likeness (QED) is 0.0209. The first kappa shape index (κ1) is 60.1. The molecule has 5 aromatic rings. The fraction of sp³-hybridized carbons (Fsp3) is 0.327. The second-order valence-electron chi connectivity index (χ2n) is 20.0. The average molecular weight is 1190 g/mol. The van der Waals surface area contributed by atoms with E-state index in [0.29, 0.717) is 63.9 Å². The first-order valence-corrected chi connectivity index (χ1v) is 31.1. The Bertz CT molecular complexity index is 4110. The predicted molar refractivity (Wildman–Crippen MR) is 296 cm³/mol. The van der Waals surface area contributed by atoms with Crippen LogP contribution in [0.5, 0.6) is 0 Å². The molecule has 0 radical (unpaired) electrons. The normalized spacial score (nSPS) is 19.4. The van der Waals surface area contributed by atoms with Crippen LogP contribution in [0.2, 0.25) is 0 Å².